The average molecular weight is 159 g/mol. The van der Waals surface area contributed by atoms with Crippen LogP contribution in [0.25, 0.3) is 0 Å². The van der Waals surface area contributed by atoms with Crippen molar-refractivity contribution in [2.24, 2.45) is 0 Å². The second kappa shape index (κ2) is 7.46. The van der Waals surface area contributed by atoms with Gasteiger partial charge in [0.05, 0.1) is 0 Å². The van der Waals surface area contributed by atoms with Crippen molar-refractivity contribution in [2.75, 3.05) is 5.75 Å². The van der Waals surface area contributed by atoms with E-state index in [2.05, 4.69) is 32.5 Å². The first-order valence-corrected chi connectivity index (χ1v) is 5.23. The zero-order valence-corrected chi connectivity index (χ0v) is 8.04. The second-order valence-corrected chi connectivity index (χ2v) is 4.52. The number of rotatable bonds is 6. The Labute approximate surface area is 69.8 Å². The highest BCUT2D eigenvalue weighted by atomic mass is 32.2. The molecule has 0 aromatic rings. The van der Waals surface area contributed by atoms with E-state index in [4.69, 9.17) is 0 Å². The van der Waals surface area contributed by atoms with Gasteiger partial charge in [-0.25, -0.2) is 0 Å². The lowest BCUT2D eigenvalue weighted by Gasteiger charge is -2.02. The van der Waals surface area contributed by atoms with Crippen LogP contribution in [0.3, 0.4) is 0 Å². The van der Waals surface area contributed by atoms with E-state index in [0.29, 0.717) is 0 Å². The molecule has 0 saturated heterocycles. The van der Waals surface area contributed by atoms with Gasteiger partial charge in [0, 0.05) is 0 Å². The van der Waals surface area contributed by atoms with Gasteiger partial charge in [0.2, 0.25) is 0 Å². The van der Waals surface area contributed by atoms with Crippen molar-refractivity contribution < 1.29 is 0 Å². The van der Waals surface area contributed by atoms with E-state index in [-0.39, 0.29) is 0 Å². The summed E-state index contributed by atoms with van der Waals surface area (Å²) in [5.41, 5.74) is 0. The number of hydrogen-bond acceptors (Lipinski definition) is 1. The predicted octanol–water partition coefficient (Wildman–Crippen LogP) is 3.52. The Morgan fingerprint density at radius 2 is 1.90 bits per heavy atom. The van der Waals surface area contributed by atoms with E-state index in [1.165, 1.54) is 25.0 Å². The molecule has 0 amide bonds. The van der Waals surface area contributed by atoms with Crippen LogP contribution in [0.4, 0.5) is 0 Å². The van der Waals surface area contributed by atoms with Gasteiger partial charge in [0.15, 0.2) is 0 Å². The van der Waals surface area contributed by atoms with Crippen LogP contribution in [0.15, 0.2) is 0 Å². The fraction of sp³-hybridized carbons (Fsp3) is 0.889. The van der Waals surface area contributed by atoms with Crippen molar-refractivity contribution in [1.29, 1.82) is 0 Å². The van der Waals surface area contributed by atoms with Gasteiger partial charge in [-0.3, -0.25) is 0 Å². The Balaban J connectivity index is 2.77. The molecule has 0 N–H and O–H groups in total. The van der Waals surface area contributed by atoms with E-state index in [1.54, 1.807) is 0 Å². The number of hydrogen-bond donors (Lipinski definition) is 0. The molecule has 0 bridgehead atoms. The van der Waals surface area contributed by atoms with E-state index < -0.39 is 0 Å². The van der Waals surface area contributed by atoms with Gasteiger partial charge in [0.1, 0.15) is 0 Å². The van der Waals surface area contributed by atoms with E-state index in [1.807, 2.05) is 0 Å². The minimum atomic E-state index is 0.805. The molecule has 0 aliphatic rings. The molecule has 0 nitrogen and oxygen atoms in total. The van der Waals surface area contributed by atoms with Gasteiger partial charge in [-0.15, -0.1) is 0 Å². The zero-order valence-electron chi connectivity index (χ0n) is 7.23. The molecule has 0 aromatic carbocycles. The predicted molar refractivity (Wildman–Crippen MR) is 51.4 cm³/mol. The SMILES string of the molecule is [CH2]CCCCCSC(C)C. The first-order valence-electron chi connectivity index (χ1n) is 4.18. The lowest BCUT2D eigenvalue weighted by atomic mass is 10.2. The summed E-state index contributed by atoms with van der Waals surface area (Å²) in [6.45, 7) is 8.32. The van der Waals surface area contributed by atoms with Crippen molar-refractivity contribution in [3.63, 3.8) is 0 Å². The van der Waals surface area contributed by atoms with Crippen LogP contribution in [0.5, 0.6) is 0 Å². The van der Waals surface area contributed by atoms with Crippen LogP contribution in [0.1, 0.15) is 39.5 Å². The number of unbranched alkanes of at least 4 members (excludes halogenated alkanes) is 3. The Morgan fingerprint density at radius 1 is 1.20 bits per heavy atom. The molecule has 0 aliphatic heterocycles. The molecule has 0 rings (SSSR count). The van der Waals surface area contributed by atoms with Crippen molar-refractivity contribution in [1.82, 2.24) is 0 Å². The fourth-order valence-electron chi connectivity index (χ4n) is 0.775. The molecule has 0 saturated carbocycles. The Kier molecular flexibility index (Phi) is 7.72. The van der Waals surface area contributed by atoms with Crippen molar-refractivity contribution >= 4 is 11.8 Å². The molecule has 0 unspecified atom stereocenters. The first-order chi connectivity index (χ1) is 4.77. The third kappa shape index (κ3) is 8.35. The van der Waals surface area contributed by atoms with E-state index in [9.17, 15) is 0 Å². The second-order valence-electron chi connectivity index (χ2n) is 2.83. The Morgan fingerprint density at radius 3 is 2.40 bits per heavy atom. The molecule has 61 valence electrons. The van der Waals surface area contributed by atoms with Gasteiger partial charge in [-0.1, -0.05) is 40.0 Å². The quantitative estimate of drug-likeness (QED) is 0.534. The fourth-order valence-corrected chi connectivity index (χ4v) is 1.62. The molecule has 0 heterocycles. The van der Waals surface area contributed by atoms with Gasteiger partial charge in [0.25, 0.3) is 0 Å². The standard InChI is InChI=1S/C9H19S/c1-4-5-6-7-8-10-9(2)3/h9H,1,4-8H2,2-3H3. The highest BCUT2D eigenvalue weighted by Gasteiger charge is 1.92. The molecular formula is C9H19S. The van der Waals surface area contributed by atoms with E-state index >= 15 is 0 Å². The summed E-state index contributed by atoms with van der Waals surface area (Å²) in [5.74, 6) is 1.33. The zero-order chi connectivity index (χ0) is 7.82. The van der Waals surface area contributed by atoms with Crippen LogP contribution in [0, 0.1) is 6.92 Å². The molecule has 0 aliphatic carbocycles. The molecule has 0 atom stereocenters. The van der Waals surface area contributed by atoms with Crippen LogP contribution < -0.4 is 0 Å². The smallest absolute Gasteiger partial charge is 0.000968 e. The molecule has 0 fully saturated rings. The molecule has 0 spiro atoms. The van der Waals surface area contributed by atoms with Crippen molar-refractivity contribution in [3.8, 4) is 0 Å². The summed E-state index contributed by atoms with van der Waals surface area (Å²) in [6, 6.07) is 0. The number of thioether (sulfide) groups is 1. The van der Waals surface area contributed by atoms with Gasteiger partial charge >= 0.3 is 0 Å². The largest absolute Gasteiger partial charge is 0.159 e. The maximum atomic E-state index is 3.81. The summed E-state index contributed by atoms with van der Waals surface area (Å²) in [5, 5.41) is 0.805. The first kappa shape index (κ1) is 10.3. The monoisotopic (exact) mass is 159 g/mol. The minimum Gasteiger partial charge on any atom is -0.159 e. The summed E-state index contributed by atoms with van der Waals surface area (Å²) in [7, 11) is 0. The minimum absolute atomic E-state index is 0.805. The summed E-state index contributed by atoms with van der Waals surface area (Å²) in [6.07, 6.45) is 5.15. The third-order valence-electron chi connectivity index (χ3n) is 1.35. The molecule has 0 aromatic heterocycles. The Hall–Kier alpha value is 0.350. The maximum Gasteiger partial charge on any atom is -0.000968 e. The highest BCUT2D eigenvalue weighted by Crippen LogP contribution is 2.12. The molecule has 10 heavy (non-hydrogen) atoms. The Bertz CT molecular complexity index is 59.7. The van der Waals surface area contributed by atoms with Gasteiger partial charge in [-0.2, -0.15) is 11.8 Å². The topological polar surface area (TPSA) is 0 Å². The maximum absolute atomic E-state index is 3.81. The summed E-state index contributed by atoms with van der Waals surface area (Å²) in [4.78, 5) is 0. The normalized spacial score (nSPS) is 10.8. The lowest BCUT2D eigenvalue weighted by molar-refractivity contribution is 0.732. The van der Waals surface area contributed by atoms with Crippen molar-refractivity contribution in [3.05, 3.63) is 6.92 Å². The third-order valence-corrected chi connectivity index (χ3v) is 2.54. The van der Waals surface area contributed by atoms with Crippen LogP contribution in [0.2, 0.25) is 0 Å². The van der Waals surface area contributed by atoms with E-state index in [0.717, 1.165) is 11.7 Å². The molecule has 1 heteroatoms. The van der Waals surface area contributed by atoms with Gasteiger partial charge in [-0.05, 0) is 17.4 Å². The van der Waals surface area contributed by atoms with Crippen LogP contribution in [-0.2, 0) is 0 Å². The average Bonchev–Trinajstić information content (AvgIpc) is 1.87. The summed E-state index contributed by atoms with van der Waals surface area (Å²) >= 11 is 2.06. The summed E-state index contributed by atoms with van der Waals surface area (Å²) < 4.78 is 0. The van der Waals surface area contributed by atoms with Crippen LogP contribution >= 0.6 is 11.8 Å². The van der Waals surface area contributed by atoms with Gasteiger partial charge < -0.3 is 0 Å². The van der Waals surface area contributed by atoms with Crippen molar-refractivity contribution in [2.45, 2.75) is 44.8 Å². The highest BCUT2D eigenvalue weighted by molar-refractivity contribution is 7.99. The lowest BCUT2D eigenvalue weighted by Crippen LogP contribution is -1.89. The van der Waals surface area contributed by atoms with Crippen LogP contribution in [-0.4, -0.2) is 11.0 Å². The molecular weight excluding hydrogens is 140 g/mol. The molecule has 1 radical (unpaired) electrons.